The Morgan fingerprint density at radius 1 is 1.03 bits per heavy atom. The van der Waals surface area contributed by atoms with E-state index < -0.39 is 43.1 Å². The van der Waals surface area contributed by atoms with E-state index in [1.807, 2.05) is 19.1 Å². The van der Waals surface area contributed by atoms with E-state index in [-0.39, 0.29) is 35.3 Å². The Morgan fingerprint density at radius 2 is 1.81 bits per heavy atom. The Balaban J connectivity index is 0.845. The van der Waals surface area contributed by atoms with Crippen LogP contribution in [0.3, 0.4) is 0 Å². The summed E-state index contributed by atoms with van der Waals surface area (Å²) in [4.78, 5) is 37.8. The maximum Gasteiger partial charge on any atom is 0.316 e. The number of amides is 1. The molecule has 2 saturated carbocycles. The molecule has 354 valence electrons. The van der Waals surface area contributed by atoms with Crippen LogP contribution in [0.2, 0.25) is 0 Å². The molecule has 3 aromatic carbocycles. The molecule has 67 heavy (non-hydrogen) atoms. The van der Waals surface area contributed by atoms with E-state index in [9.17, 15) is 28.4 Å². The van der Waals surface area contributed by atoms with Gasteiger partial charge in [-0.1, -0.05) is 38.1 Å². The highest BCUT2D eigenvalue weighted by atomic mass is 32.2. The summed E-state index contributed by atoms with van der Waals surface area (Å²) in [6, 6.07) is 20.8. The van der Waals surface area contributed by atoms with Gasteiger partial charge < -0.3 is 29.2 Å². The number of nitro benzene ring substituents is 1. The Morgan fingerprint density at radius 3 is 2.57 bits per heavy atom. The number of aliphatic hydroxyl groups is 1. The summed E-state index contributed by atoms with van der Waals surface area (Å²) in [6.07, 6.45) is 13.2. The molecule has 5 aromatic rings. The number of rotatable bonds is 12. The lowest BCUT2D eigenvalue weighted by Gasteiger charge is -2.56. The second-order valence-electron chi connectivity index (χ2n) is 20.3. The number of carbonyl (C=O) groups excluding carboxylic acids is 1. The fraction of sp³-hybridized carbons (Fsp3) is 0.490. The SMILES string of the molecule is CC(C)c1ccccc1[C@@H]1CCCN1C1CC2(CCN(c3ccc(C(=O)NS(=O)(=O)c4cc5c(c([N+](=O)[O-])c4)O[C@@H](CC4CCC(C)(O)CC4)CO5)c(Oc4cnc5[nH]ccc5c4)c3)CC2)C1. The first-order valence-corrected chi connectivity index (χ1v) is 25.4. The van der Waals surface area contributed by atoms with Crippen molar-refractivity contribution < 1.29 is 37.5 Å². The normalized spacial score (nSPS) is 24.2. The van der Waals surface area contributed by atoms with Crippen molar-refractivity contribution in [3.63, 3.8) is 0 Å². The molecule has 2 atom stereocenters. The predicted octanol–water partition coefficient (Wildman–Crippen LogP) is 9.56. The summed E-state index contributed by atoms with van der Waals surface area (Å²) in [5, 5.41) is 23.5. The van der Waals surface area contributed by atoms with Crippen LogP contribution < -0.4 is 23.8 Å². The number of likely N-dealkylation sites (tertiary alicyclic amines) is 1. The number of nitrogens with one attached hydrogen (secondary N) is 2. The number of nitro groups is 1. The fourth-order valence-corrected chi connectivity index (χ4v) is 12.5. The van der Waals surface area contributed by atoms with E-state index in [4.69, 9.17) is 14.2 Å². The van der Waals surface area contributed by atoms with Crippen molar-refractivity contribution in [2.75, 3.05) is 31.1 Å². The van der Waals surface area contributed by atoms with Crippen LogP contribution >= 0.6 is 0 Å². The highest BCUT2D eigenvalue weighted by molar-refractivity contribution is 7.90. The van der Waals surface area contributed by atoms with E-state index in [0.29, 0.717) is 54.1 Å². The topological polar surface area (TPSA) is 189 Å². The molecule has 0 unspecified atom stereocenters. The number of benzene rings is 3. The second kappa shape index (κ2) is 17.7. The van der Waals surface area contributed by atoms with E-state index >= 15 is 0 Å². The molecule has 5 heterocycles. The summed E-state index contributed by atoms with van der Waals surface area (Å²) in [7, 11) is -4.68. The van der Waals surface area contributed by atoms with Gasteiger partial charge in [-0.15, -0.1) is 0 Å². The molecular formula is C51H60N6O9S. The van der Waals surface area contributed by atoms with Crippen LogP contribution in [0.25, 0.3) is 11.0 Å². The van der Waals surface area contributed by atoms with Crippen LogP contribution in [0.5, 0.6) is 23.0 Å². The minimum atomic E-state index is -4.68. The summed E-state index contributed by atoms with van der Waals surface area (Å²) in [5.41, 5.74) is 3.41. The minimum absolute atomic E-state index is 0.0462. The third-order valence-electron chi connectivity index (χ3n) is 15.3. The molecule has 15 nitrogen and oxygen atoms in total. The highest BCUT2D eigenvalue weighted by Gasteiger charge is 2.50. The summed E-state index contributed by atoms with van der Waals surface area (Å²) >= 11 is 0. The Kier molecular flexibility index (Phi) is 11.9. The van der Waals surface area contributed by atoms with Crippen LogP contribution in [0, 0.1) is 21.4 Å². The van der Waals surface area contributed by atoms with Gasteiger partial charge in [0.2, 0.25) is 5.75 Å². The quantitative estimate of drug-likeness (QED) is 0.0795. The number of sulfonamides is 1. The van der Waals surface area contributed by atoms with Gasteiger partial charge in [0.1, 0.15) is 29.9 Å². The molecule has 10 rings (SSSR count). The van der Waals surface area contributed by atoms with Crippen molar-refractivity contribution in [2.45, 2.75) is 126 Å². The number of nitrogens with zero attached hydrogens (tertiary/aromatic N) is 4. The van der Waals surface area contributed by atoms with E-state index in [1.54, 1.807) is 24.4 Å². The number of H-pyrrole nitrogens is 1. The number of ether oxygens (including phenoxy) is 3. The number of carbonyl (C=O) groups is 1. The second-order valence-corrected chi connectivity index (χ2v) is 22.0. The maximum atomic E-state index is 14.1. The zero-order valence-corrected chi connectivity index (χ0v) is 39.2. The lowest BCUT2D eigenvalue weighted by Crippen LogP contribution is -2.54. The smallest absolute Gasteiger partial charge is 0.316 e. The van der Waals surface area contributed by atoms with Crippen LogP contribution in [0.15, 0.2) is 84.0 Å². The number of piperidine rings is 1. The van der Waals surface area contributed by atoms with Gasteiger partial charge in [0.05, 0.1) is 27.2 Å². The van der Waals surface area contributed by atoms with Gasteiger partial charge in [0.15, 0.2) is 5.75 Å². The van der Waals surface area contributed by atoms with Gasteiger partial charge in [0.25, 0.3) is 15.9 Å². The number of pyridine rings is 1. The van der Waals surface area contributed by atoms with E-state index in [1.165, 1.54) is 43.0 Å². The summed E-state index contributed by atoms with van der Waals surface area (Å²) < 4.78 is 48.4. The average molecular weight is 933 g/mol. The number of hydrogen-bond donors (Lipinski definition) is 3. The Labute approximate surface area is 391 Å². The first kappa shape index (κ1) is 45.1. The van der Waals surface area contributed by atoms with Gasteiger partial charge >= 0.3 is 5.69 Å². The monoisotopic (exact) mass is 932 g/mol. The molecule has 1 spiro atoms. The number of fused-ring (bicyclic) bond motifs is 2. The van der Waals surface area contributed by atoms with Crippen molar-refractivity contribution in [2.24, 2.45) is 11.3 Å². The molecule has 1 amide bonds. The molecule has 3 aliphatic heterocycles. The Bertz CT molecular complexity index is 2780. The molecule has 4 fully saturated rings. The molecule has 0 bridgehead atoms. The van der Waals surface area contributed by atoms with Gasteiger partial charge in [-0.3, -0.25) is 19.8 Å². The number of hydrogen-bond acceptors (Lipinski definition) is 12. The third kappa shape index (κ3) is 9.19. The maximum absolute atomic E-state index is 14.1. The van der Waals surface area contributed by atoms with Crippen molar-refractivity contribution in [1.29, 1.82) is 0 Å². The highest BCUT2D eigenvalue weighted by Crippen LogP contribution is 2.54. The van der Waals surface area contributed by atoms with Crippen LogP contribution in [0.4, 0.5) is 11.4 Å². The molecule has 0 radical (unpaired) electrons. The van der Waals surface area contributed by atoms with Crippen LogP contribution in [0.1, 0.15) is 125 Å². The summed E-state index contributed by atoms with van der Waals surface area (Å²) in [5.74, 6) is -0.00447. The first-order valence-electron chi connectivity index (χ1n) is 23.9. The van der Waals surface area contributed by atoms with Gasteiger partial charge in [-0.2, -0.15) is 0 Å². The first-order chi connectivity index (χ1) is 32.1. The average Bonchev–Trinajstić information content (AvgIpc) is 3.98. The molecule has 5 aliphatic rings. The predicted molar refractivity (Wildman–Crippen MR) is 254 cm³/mol. The van der Waals surface area contributed by atoms with Crippen LogP contribution in [-0.2, 0) is 10.0 Å². The third-order valence-corrected chi connectivity index (χ3v) is 16.6. The molecule has 16 heteroatoms. The van der Waals surface area contributed by atoms with Gasteiger partial charge in [-0.05, 0) is 137 Å². The molecule has 3 N–H and O–H groups in total. The van der Waals surface area contributed by atoms with E-state index in [0.717, 1.165) is 68.5 Å². The number of anilines is 1. The zero-order valence-electron chi connectivity index (χ0n) is 38.4. The van der Waals surface area contributed by atoms with Crippen molar-refractivity contribution in [3.05, 3.63) is 106 Å². The molecule has 2 aromatic heterocycles. The largest absolute Gasteiger partial charge is 0.486 e. The zero-order chi connectivity index (χ0) is 46.7. The van der Waals surface area contributed by atoms with Crippen molar-refractivity contribution >= 4 is 38.3 Å². The van der Waals surface area contributed by atoms with Crippen molar-refractivity contribution in [1.82, 2.24) is 19.6 Å². The fourth-order valence-electron chi connectivity index (χ4n) is 11.5. The minimum Gasteiger partial charge on any atom is -0.486 e. The standard InChI is InChI=1S/C51H60N6O9S/c1-32(2)40-7-4-5-8-41(40)43-9-6-20-56(43)36-28-51(29-36)17-21-55(22-18-51)35-10-11-42(45(25-35)65-37-24-34-14-19-52-48(34)53-30-37)49(58)54-67(62,63)39-26-44(57(60)61)47-46(27-39)64-31-38(66-47)23-33-12-15-50(3,59)16-13-33/h4-5,7-8,10-11,14,19,24-27,30,32-33,36,38,43,59H,6,9,12-13,15-18,20-23,28-29,31H2,1-3H3,(H,52,53)(H,54,58)/t33?,38-,43-,50?/m0/s1. The molecule has 2 aliphatic carbocycles. The van der Waals surface area contributed by atoms with Crippen molar-refractivity contribution in [3.8, 4) is 23.0 Å². The summed E-state index contributed by atoms with van der Waals surface area (Å²) in [6.45, 7) is 9.26. The molecule has 2 saturated heterocycles. The number of aromatic nitrogens is 2. The van der Waals surface area contributed by atoms with E-state index in [2.05, 4.69) is 62.6 Å². The molecular weight excluding hydrogens is 873 g/mol. The number of aromatic amines is 1. The lowest BCUT2D eigenvalue weighted by molar-refractivity contribution is -0.386. The van der Waals surface area contributed by atoms with Gasteiger partial charge in [0, 0.05) is 60.6 Å². The lowest BCUT2D eigenvalue weighted by atomic mass is 9.59. The Hall–Kier alpha value is -5.71. The van der Waals surface area contributed by atoms with Crippen LogP contribution in [-0.4, -0.2) is 83.2 Å². The van der Waals surface area contributed by atoms with Gasteiger partial charge in [-0.25, -0.2) is 18.1 Å².